The van der Waals surface area contributed by atoms with Gasteiger partial charge in [0.25, 0.3) is 0 Å². The van der Waals surface area contributed by atoms with Crippen molar-refractivity contribution in [2.45, 2.75) is 51.9 Å². The molecule has 4 aromatic heterocycles. The summed E-state index contributed by atoms with van der Waals surface area (Å²) in [5.74, 6) is 0.807. The van der Waals surface area contributed by atoms with Gasteiger partial charge in [-0.1, -0.05) is 13.8 Å². The van der Waals surface area contributed by atoms with E-state index < -0.39 is 0 Å². The van der Waals surface area contributed by atoms with Crippen molar-refractivity contribution in [2.75, 3.05) is 19.6 Å². The summed E-state index contributed by atoms with van der Waals surface area (Å²) in [5, 5.41) is 4.36. The number of amides is 1. The summed E-state index contributed by atoms with van der Waals surface area (Å²) in [6.45, 7) is 9.07. The Morgan fingerprint density at radius 3 is 2.94 bits per heavy atom. The second-order valence-corrected chi connectivity index (χ2v) is 11.5. The van der Waals surface area contributed by atoms with Crippen molar-refractivity contribution in [1.29, 1.82) is 0 Å². The molecular weight excluding hydrogens is 432 g/mol. The molecule has 8 heteroatoms. The van der Waals surface area contributed by atoms with Gasteiger partial charge in [0.1, 0.15) is 6.33 Å². The number of hydrogen-bond donors (Lipinski definition) is 2. The molecule has 1 aliphatic heterocycles. The van der Waals surface area contributed by atoms with E-state index in [1.165, 1.54) is 45.6 Å². The molecule has 1 spiro atoms. The van der Waals surface area contributed by atoms with Crippen LogP contribution < -0.4 is 5.73 Å². The number of primary amides is 1. The van der Waals surface area contributed by atoms with Crippen LogP contribution in [-0.2, 0) is 4.79 Å². The molecule has 5 heterocycles. The lowest BCUT2D eigenvalue weighted by Crippen LogP contribution is -2.57. The van der Waals surface area contributed by atoms with Gasteiger partial charge in [0.2, 0.25) is 5.91 Å². The highest BCUT2D eigenvalue weighted by atomic mass is 32.1. The summed E-state index contributed by atoms with van der Waals surface area (Å²) in [6, 6.07) is 4.60. The minimum atomic E-state index is -0.220. The van der Waals surface area contributed by atoms with E-state index in [9.17, 15) is 4.79 Å². The molecule has 1 atom stereocenters. The summed E-state index contributed by atoms with van der Waals surface area (Å²) in [5.41, 5.74) is 12.8. The Morgan fingerprint density at radius 2 is 2.18 bits per heavy atom. The van der Waals surface area contributed by atoms with E-state index >= 15 is 0 Å². The van der Waals surface area contributed by atoms with E-state index in [0.717, 1.165) is 29.9 Å². The first kappa shape index (κ1) is 20.9. The Labute approximate surface area is 197 Å². The average molecular weight is 463 g/mol. The number of hydrogen-bond acceptors (Lipinski definition) is 5. The summed E-state index contributed by atoms with van der Waals surface area (Å²) >= 11 is 1.97. The molecule has 6 rings (SSSR count). The molecule has 33 heavy (non-hydrogen) atoms. The van der Waals surface area contributed by atoms with Gasteiger partial charge in [0.05, 0.1) is 22.5 Å². The van der Waals surface area contributed by atoms with Gasteiger partial charge in [-0.25, -0.2) is 9.50 Å². The number of thiophene rings is 1. The topological polar surface area (TPSA) is 92.3 Å². The van der Waals surface area contributed by atoms with E-state index in [1.54, 1.807) is 6.33 Å². The van der Waals surface area contributed by atoms with Gasteiger partial charge in [-0.05, 0) is 66.7 Å². The molecule has 1 saturated carbocycles. The maximum Gasteiger partial charge on any atom is 0.231 e. The lowest BCUT2D eigenvalue weighted by atomic mass is 9.77. The molecule has 7 nitrogen and oxygen atoms in total. The Balaban J connectivity index is 1.31. The number of carbonyl (C=O) groups excluding carboxylic acids is 1. The second-order valence-electron chi connectivity index (χ2n) is 10.5. The molecular formula is C25H30N6OS. The number of aryl methyl sites for hydroxylation is 1. The van der Waals surface area contributed by atoms with Gasteiger partial charge in [-0.3, -0.25) is 9.69 Å². The molecule has 2 fully saturated rings. The number of aromatic amines is 1. The number of H-pyrrole nitrogens is 1. The first-order valence-electron chi connectivity index (χ1n) is 11.8. The van der Waals surface area contributed by atoms with Gasteiger partial charge in [-0.15, -0.1) is 11.3 Å². The molecule has 1 aliphatic carbocycles. The third-order valence-electron chi connectivity index (χ3n) is 7.55. The maximum absolute atomic E-state index is 11.2. The van der Waals surface area contributed by atoms with Crippen LogP contribution in [0, 0.1) is 12.3 Å². The third kappa shape index (κ3) is 3.38. The highest BCUT2D eigenvalue weighted by Gasteiger charge is 2.48. The van der Waals surface area contributed by atoms with Crippen LogP contribution >= 0.6 is 11.3 Å². The predicted molar refractivity (Wildman–Crippen MR) is 132 cm³/mol. The van der Waals surface area contributed by atoms with Crippen molar-refractivity contribution in [2.24, 2.45) is 11.1 Å². The summed E-state index contributed by atoms with van der Waals surface area (Å²) in [4.78, 5) is 23.0. The molecule has 0 aromatic carbocycles. The number of carbonyl (C=O) groups is 1. The third-order valence-corrected chi connectivity index (χ3v) is 8.88. The van der Waals surface area contributed by atoms with Crippen LogP contribution in [0.2, 0.25) is 0 Å². The van der Waals surface area contributed by atoms with Crippen molar-refractivity contribution >= 4 is 33.1 Å². The Kier molecular flexibility index (Phi) is 4.68. The molecule has 1 saturated heterocycles. The van der Waals surface area contributed by atoms with Crippen LogP contribution in [-0.4, -0.2) is 50.0 Å². The summed E-state index contributed by atoms with van der Waals surface area (Å²) in [6.07, 6.45) is 7.39. The standard InChI is InChI=1S/C25H30N6OS/c1-14(2)21-22(17-6-15(3)24-27-13-28-31(24)9-17)29-18-7-19(33-23(18)21)16-4-5-25(8-16)11-30(12-25)10-20(26)32/h6-7,9,13-14,16,29H,4-5,8,10-12H2,1-3H3,(H2,26,32)/t16-/m1/s1. The number of nitrogens with one attached hydrogen (secondary N) is 1. The van der Waals surface area contributed by atoms with Crippen LogP contribution in [0.1, 0.15) is 60.9 Å². The minimum Gasteiger partial charge on any atom is -0.369 e. The zero-order valence-electron chi connectivity index (χ0n) is 19.4. The van der Waals surface area contributed by atoms with Crippen molar-refractivity contribution < 1.29 is 4.79 Å². The fourth-order valence-corrected chi connectivity index (χ4v) is 7.65. The fraction of sp³-hybridized carbons (Fsp3) is 0.480. The quantitative estimate of drug-likeness (QED) is 0.459. The van der Waals surface area contributed by atoms with E-state index in [0.29, 0.717) is 23.8 Å². The summed E-state index contributed by atoms with van der Waals surface area (Å²) < 4.78 is 3.25. The Morgan fingerprint density at radius 1 is 1.36 bits per heavy atom. The maximum atomic E-state index is 11.2. The van der Waals surface area contributed by atoms with Crippen LogP contribution in [0.3, 0.4) is 0 Å². The molecule has 3 N–H and O–H groups in total. The molecule has 1 amide bonds. The van der Waals surface area contributed by atoms with Gasteiger partial charge < -0.3 is 10.7 Å². The van der Waals surface area contributed by atoms with Crippen molar-refractivity contribution in [3.05, 3.63) is 40.7 Å². The van der Waals surface area contributed by atoms with Gasteiger partial charge in [0, 0.05) is 29.7 Å². The first-order chi connectivity index (χ1) is 15.8. The predicted octanol–water partition coefficient (Wildman–Crippen LogP) is 4.43. The zero-order valence-corrected chi connectivity index (χ0v) is 20.2. The normalized spacial score (nSPS) is 20.4. The average Bonchev–Trinajstić information content (AvgIpc) is 3.47. The molecule has 0 radical (unpaired) electrons. The number of pyridine rings is 1. The molecule has 0 bridgehead atoms. The molecule has 0 unspecified atom stereocenters. The molecule has 172 valence electrons. The largest absolute Gasteiger partial charge is 0.369 e. The smallest absolute Gasteiger partial charge is 0.231 e. The lowest BCUT2D eigenvalue weighted by molar-refractivity contribution is -0.122. The highest BCUT2D eigenvalue weighted by Crippen LogP contribution is 2.53. The second kappa shape index (κ2) is 7.40. The lowest BCUT2D eigenvalue weighted by Gasteiger charge is -2.48. The number of aromatic nitrogens is 4. The molecule has 4 aromatic rings. The summed E-state index contributed by atoms with van der Waals surface area (Å²) in [7, 11) is 0. The van der Waals surface area contributed by atoms with E-state index in [2.05, 4.69) is 59.1 Å². The minimum absolute atomic E-state index is 0.220. The van der Waals surface area contributed by atoms with Gasteiger partial charge >= 0.3 is 0 Å². The number of nitrogens with two attached hydrogens (primary N) is 1. The Hall–Kier alpha value is -2.71. The van der Waals surface area contributed by atoms with E-state index in [-0.39, 0.29) is 5.91 Å². The first-order valence-corrected chi connectivity index (χ1v) is 12.6. The molecule has 2 aliphatic rings. The number of nitrogens with zero attached hydrogens (tertiary/aromatic N) is 4. The monoisotopic (exact) mass is 462 g/mol. The van der Waals surface area contributed by atoms with E-state index in [1.807, 2.05) is 15.9 Å². The van der Waals surface area contributed by atoms with E-state index in [4.69, 9.17) is 5.73 Å². The fourth-order valence-electron chi connectivity index (χ4n) is 6.20. The van der Waals surface area contributed by atoms with Gasteiger partial charge in [-0.2, -0.15) is 5.10 Å². The van der Waals surface area contributed by atoms with Crippen LogP contribution in [0.5, 0.6) is 0 Å². The number of likely N-dealkylation sites (tertiary alicyclic amines) is 1. The SMILES string of the molecule is Cc1cc(-c2[nH]c3cc([C@@H]4CCC5(C4)CN(CC(N)=O)C5)sc3c2C(C)C)cn2ncnc12. The van der Waals surface area contributed by atoms with Gasteiger partial charge in [0.15, 0.2) is 5.65 Å². The van der Waals surface area contributed by atoms with Crippen molar-refractivity contribution in [3.63, 3.8) is 0 Å². The van der Waals surface area contributed by atoms with Crippen LogP contribution in [0.4, 0.5) is 0 Å². The number of fused-ring (bicyclic) bond motifs is 2. The highest BCUT2D eigenvalue weighted by molar-refractivity contribution is 7.19. The van der Waals surface area contributed by atoms with Crippen LogP contribution in [0.15, 0.2) is 24.7 Å². The Bertz CT molecular complexity index is 1370. The number of rotatable bonds is 5. The van der Waals surface area contributed by atoms with Crippen LogP contribution in [0.25, 0.3) is 27.1 Å². The van der Waals surface area contributed by atoms with Crippen molar-refractivity contribution in [3.8, 4) is 11.3 Å². The van der Waals surface area contributed by atoms with Crippen molar-refractivity contribution in [1.82, 2.24) is 24.5 Å². The zero-order chi connectivity index (χ0) is 22.9.